The first kappa shape index (κ1) is 20.1. The fourth-order valence-corrected chi connectivity index (χ4v) is 6.05. The molecule has 29 heavy (non-hydrogen) atoms. The quantitative estimate of drug-likeness (QED) is 0.681. The van der Waals surface area contributed by atoms with E-state index in [2.05, 4.69) is 10.3 Å². The summed E-state index contributed by atoms with van der Waals surface area (Å²) in [5.41, 5.74) is 0.861. The molecule has 2 heterocycles. The normalized spacial score (nSPS) is 16.9. The number of hydrogen-bond acceptors (Lipinski definition) is 7. The highest BCUT2D eigenvalue weighted by Crippen LogP contribution is 2.35. The van der Waals surface area contributed by atoms with E-state index in [-0.39, 0.29) is 17.8 Å². The number of rotatable bonds is 8. The molecule has 0 bridgehead atoms. The number of amides is 1. The van der Waals surface area contributed by atoms with E-state index >= 15 is 0 Å². The van der Waals surface area contributed by atoms with Gasteiger partial charge in [0, 0.05) is 24.4 Å². The van der Waals surface area contributed by atoms with Crippen LogP contribution in [0.15, 0.2) is 24.3 Å². The number of nitrogens with zero attached hydrogens (tertiary/aromatic N) is 2. The maximum atomic E-state index is 12.4. The maximum absolute atomic E-state index is 12.4. The van der Waals surface area contributed by atoms with E-state index in [9.17, 15) is 13.2 Å². The number of nitrogens with one attached hydrogen (secondary N) is 1. The summed E-state index contributed by atoms with van der Waals surface area (Å²) in [4.78, 5) is 17.5. The fourth-order valence-electron chi connectivity index (χ4n) is 3.12. The van der Waals surface area contributed by atoms with E-state index in [4.69, 9.17) is 9.47 Å². The van der Waals surface area contributed by atoms with Gasteiger partial charge < -0.3 is 9.47 Å². The van der Waals surface area contributed by atoms with Gasteiger partial charge in [0.2, 0.25) is 10.0 Å². The molecule has 2 aliphatic rings. The second-order valence-electron chi connectivity index (χ2n) is 6.96. The predicted molar refractivity (Wildman–Crippen MR) is 110 cm³/mol. The molecule has 1 amide bonds. The molecule has 1 aromatic heterocycles. The van der Waals surface area contributed by atoms with Crippen molar-refractivity contribution < 1.29 is 22.7 Å². The topological polar surface area (TPSA) is 97.8 Å². The van der Waals surface area contributed by atoms with E-state index in [1.807, 2.05) is 6.92 Å². The Kier molecular flexibility index (Phi) is 5.75. The minimum atomic E-state index is -3.20. The Hall–Kier alpha value is -2.17. The average molecular weight is 438 g/mol. The minimum absolute atomic E-state index is 0.138. The number of thiazole rings is 1. The van der Waals surface area contributed by atoms with Gasteiger partial charge in [0.1, 0.15) is 11.5 Å². The number of fused-ring (bicyclic) bond motifs is 1. The average Bonchev–Trinajstić information content (AvgIpc) is 3.49. The third-order valence-corrected chi connectivity index (χ3v) is 8.10. The number of hydrogen-bond donors (Lipinski definition) is 1. The summed E-state index contributed by atoms with van der Waals surface area (Å²) in [6, 6.07) is 7.06. The first-order valence-corrected chi connectivity index (χ1v) is 11.9. The molecule has 0 saturated heterocycles. The van der Waals surface area contributed by atoms with Crippen molar-refractivity contribution in [2.45, 2.75) is 38.0 Å². The highest BCUT2D eigenvalue weighted by Gasteiger charge is 2.41. The van der Waals surface area contributed by atoms with Crippen LogP contribution in [-0.4, -0.2) is 48.6 Å². The number of anilines is 1. The van der Waals surface area contributed by atoms with Crippen molar-refractivity contribution in [1.82, 2.24) is 9.29 Å². The largest absolute Gasteiger partial charge is 0.494 e. The van der Waals surface area contributed by atoms with Crippen LogP contribution < -0.4 is 14.8 Å². The maximum Gasteiger partial charge on any atom is 0.264 e. The van der Waals surface area contributed by atoms with Crippen LogP contribution in [0.4, 0.5) is 5.13 Å². The molecule has 156 valence electrons. The van der Waals surface area contributed by atoms with Crippen LogP contribution in [0.1, 0.15) is 30.3 Å². The first-order chi connectivity index (χ1) is 14.0. The smallest absolute Gasteiger partial charge is 0.264 e. The number of sulfonamides is 1. The summed E-state index contributed by atoms with van der Waals surface area (Å²) in [5, 5.41) is 3.00. The van der Waals surface area contributed by atoms with Crippen LogP contribution in [0.3, 0.4) is 0 Å². The van der Waals surface area contributed by atoms with Crippen LogP contribution in [0.5, 0.6) is 11.5 Å². The molecule has 1 N–H and O–H groups in total. The predicted octanol–water partition coefficient (Wildman–Crippen LogP) is 2.41. The number of aromatic nitrogens is 1. The summed E-state index contributed by atoms with van der Waals surface area (Å²) in [5.74, 6) is 1.01. The van der Waals surface area contributed by atoms with E-state index in [1.54, 1.807) is 28.6 Å². The van der Waals surface area contributed by atoms with Crippen LogP contribution >= 0.6 is 11.3 Å². The van der Waals surface area contributed by atoms with Gasteiger partial charge in [-0.2, -0.15) is 4.31 Å². The Bertz CT molecular complexity index is 984. The zero-order chi connectivity index (χ0) is 20.4. The molecular weight excluding hydrogens is 414 g/mol. The van der Waals surface area contributed by atoms with Gasteiger partial charge in [0.25, 0.3) is 5.91 Å². The van der Waals surface area contributed by atoms with Crippen LogP contribution in [0.2, 0.25) is 0 Å². The van der Waals surface area contributed by atoms with Gasteiger partial charge in [0.05, 0.1) is 17.6 Å². The first-order valence-electron chi connectivity index (χ1n) is 9.58. The number of carbonyl (C=O) groups is 1. The van der Waals surface area contributed by atoms with Gasteiger partial charge in [0.15, 0.2) is 11.7 Å². The second-order valence-corrected chi connectivity index (χ2v) is 10.3. The molecule has 1 saturated carbocycles. The lowest BCUT2D eigenvalue weighted by Gasteiger charge is -2.25. The fraction of sp³-hybridized carbons (Fsp3) is 0.474. The molecule has 4 rings (SSSR count). The third kappa shape index (κ3) is 4.71. The highest BCUT2D eigenvalue weighted by atomic mass is 32.2. The van der Waals surface area contributed by atoms with Crippen molar-refractivity contribution in [1.29, 1.82) is 0 Å². The number of carbonyl (C=O) groups excluding carboxylic acids is 1. The molecule has 2 aromatic rings. The summed E-state index contributed by atoms with van der Waals surface area (Å²) in [7, 11) is -3.20. The van der Waals surface area contributed by atoms with E-state index in [0.717, 1.165) is 29.2 Å². The SMILES string of the molecule is CCOc1ccc(OCC(=O)Nc2nc3c(s2)CN(S(=O)(=O)C2CC2)CC3)cc1. The number of ether oxygens (including phenoxy) is 2. The Balaban J connectivity index is 1.31. The molecule has 0 atom stereocenters. The highest BCUT2D eigenvalue weighted by molar-refractivity contribution is 7.90. The van der Waals surface area contributed by atoms with Crippen LogP contribution in [0, 0.1) is 0 Å². The Morgan fingerprint density at radius 3 is 2.59 bits per heavy atom. The van der Waals surface area contributed by atoms with Crippen molar-refractivity contribution in [2.24, 2.45) is 0 Å². The monoisotopic (exact) mass is 437 g/mol. The zero-order valence-electron chi connectivity index (χ0n) is 16.1. The molecule has 8 nitrogen and oxygen atoms in total. The molecular formula is C19H23N3O5S2. The van der Waals surface area contributed by atoms with Crippen LogP contribution in [-0.2, 0) is 27.8 Å². The summed E-state index contributed by atoms with van der Waals surface area (Å²) in [6.07, 6.45) is 2.07. The lowest BCUT2D eigenvalue weighted by Crippen LogP contribution is -2.37. The molecule has 1 aliphatic carbocycles. The Morgan fingerprint density at radius 2 is 1.93 bits per heavy atom. The van der Waals surface area contributed by atoms with Gasteiger partial charge in [-0.1, -0.05) is 0 Å². The summed E-state index contributed by atoms with van der Waals surface area (Å²) in [6.45, 7) is 3.15. The summed E-state index contributed by atoms with van der Waals surface area (Å²) >= 11 is 1.32. The van der Waals surface area contributed by atoms with E-state index in [0.29, 0.717) is 37.0 Å². The summed E-state index contributed by atoms with van der Waals surface area (Å²) < 4.78 is 37.3. The van der Waals surface area contributed by atoms with Crippen LogP contribution in [0.25, 0.3) is 0 Å². The zero-order valence-corrected chi connectivity index (χ0v) is 17.7. The standard InChI is InChI=1S/C19H23N3O5S2/c1-2-26-13-3-5-14(6-4-13)27-12-18(23)21-19-20-16-9-10-22(11-17(16)28-19)29(24,25)15-7-8-15/h3-6,15H,2,7-12H2,1H3,(H,20,21,23). The van der Waals surface area contributed by atoms with Crippen molar-refractivity contribution in [3.8, 4) is 11.5 Å². The van der Waals surface area contributed by atoms with E-state index < -0.39 is 10.0 Å². The molecule has 0 spiro atoms. The minimum Gasteiger partial charge on any atom is -0.494 e. The lowest BCUT2D eigenvalue weighted by molar-refractivity contribution is -0.118. The number of benzene rings is 1. The van der Waals surface area contributed by atoms with E-state index in [1.165, 1.54) is 11.3 Å². The van der Waals surface area contributed by atoms with Crippen molar-refractivity contribution in [2.75, 3.05) is 25.1 Å². The Labute approximate surface area is 173 Å². The van der Waals surface area contributed by atoms with Gasteiger partial charge in [-0.3, -0.25) is 10.1 Å². The molecule has 10 heteroatoms. The van der Waals surface area contributed by atoms with Gasteiger partial charge in [-0.15, -0.1) is 11.3 Å². The van der Waals surface area contributed by atoms with Gasteiger partial charge >= 0.3 is 0 Å². The molecule has 1 aromatic carbocycles. The second kappa shape index (κ2) is 8.29. The van der Waals surface area contributed by atoms with Crippen molar-refractivity contribution in [3.05, 3.63) is 34.8 Å². The molecule has 1 aliphatic heterocycles. The van der Waals surface area contributed by atoms with Gasteiger partial charge in [-0.05, 0) is 44.0 Å². The lowest BCUT2D eigenvalue weighted by atomic mass is 10.2. The Morgan fingerprint density at radius 1 is 1.24 bits per heavy atom. The van der Waals surface area contributed by atoms with Crippen molar-refractivity contribution >= 4 is 32.4 Å². The third-order valence-electron chi connectivity index (χ3n) is 4.75. The van der Waals surface area contributed by atoms with Gasteiger partial charge in [-0.25, -0.2) is 13.4 Å². The molecule has 0 radical (unpaired) electrons. The van der Waals surface area contributed by atoms with Crippen molar-refractivity contribution in [3.63, 3.8) is 0 Å². The molecule has 1 fully saturated rings. The molecule has 0 unspecified atom stereocenters.